The molecular formula is C13H26N2. The van der Waals surface area contributed by atoms with E-state index in [9.17, 15) is 0 Å². The first-order chi connectivity index (χ1) is 7.29. The SMILES string of the molecule is CCCCCN1C[C@H]2CN[C@H](C)[C@@H](C2)C1. The summed E-state index contributed by atoms with van der Waals surface area (Å²) >= 11 is 0. The molecule has 0 amide bonds. The third-order valence-electron chi connectivity index (χ3n) is 4.16. The molecule has 0 aromatic carbocycles. The molecule has 0 saturated carbocycles. The van der Waals surface area contributed by atoms with Crippen molar-refractivity contribution in [3.63, 3.8) is 0 Å². The highest BCUT2D eigenvalue weighted by molar-refractivity contribution is 4.90. The van der Waals surface area contributed by atoms with Gasteiger partial charge in [-0.3, -0.25) is 0 Å². The van der Waals surface area contributed by atoms with Crippen molar-refractivity contribution in [3.05, 3.63) is 0 Å². The summed E-state index contributed by atoms with van der Waals surface area (Å²) < 4.78 is 0. The normalized spacial score (nSPS) is 36.8. The average molecular weight is 210 g/mol. The standard InChI is InChI=1S/C13H26N2/c1-3-4-5-6-15-9-12-7-13(10-15)11(2)14-8-12/h11-14H,3-10H2,1-2H3/t11-,12-,13+/m1/s1. The van der Waals surface area contributed by atoms with Gasteiger partial charge in [-0.15, -0.1) is 0 Å². The second kappa shape index (κ2) is 5.31. The van der Waals surface area contributed by atoms with Crippen LogP contribution >= 0.6 is 0 Å². The molecule has 2 heterocycles. The molecule has 2 rings (SSSR count). The van der Waals surface area contributed by atoms with E-state index < -0.39 is 0 Å². The molecule has 2 heteroatoms. The predicted molar refractivity (Wildman–Crippen MR) is 65.0 cm³/mol. The molecule has 15 heavy (non-hydrogen) atoms. The van der Waals surface area contributed by atoms with Gasteiger partial charge in [0.1, 0.15) is 0 Å². The summed E-state index contributed by atoms with van der Waals surface area (Å²) in [6.45, 7) is 9.93. The van der Waals surface area contributed by atoms with Crippen LogP contribution in [-0.2, 0) is 0 Å². The summed E-state index contributed by atoms with van der Waals surface area (Å²) in [6.07, 6.45) is 5.62. The first kappa shape index (κ1) is 11.4. The average Bonchev–Trinajstić information content (AvgIpc) is 2.24. The number of piperidine rings is 2. The smallest absolute Gasteiger partial charge is 0.00794 e. The van der Waals surface area contributed by atoms with Gasteiger partial charge >= 0.3 is 0 Å². The summed E-state index contributed by atoms with van der Waals surface area (Å²) in [7, 11) is 0. The van der Waals surface area contributed by atoms with Gasteiger partial charge in [0.05, 0.1) is 0 Å². The summed E-state index contributed by atoms with van der Waals surface area (Å²) in [5, 5.41) is 3.65. The molecule has 0 aromatic heterocycles. The largest absolute Gasteiger partial charge is 0.314 e. The molecule has 2 fully saturated rings. The van der Waals surface area contributed by atoms with Crippen LogP contribution in [-0.4, -0.2) is 37.1 Å². The number of nitrogens with zero attached hydrogens (tertiary/aromatic N) is 1. The molecule has 0 radical (unpaired) electrons. The van der Waals surface area contributed by atoms with Crippen LogP contribution < -0.4 is 5.32 Å². The minimum atomic E-state index is 0.746. The van der Waals surface area contributed by atoms with Gasteiger partial charge in [-0.25, -0.2) is 0 Å². The highest BCUT2D eigenvalue weighted by Gasteiger charge is 2.33. The number of fused-ring (bicyclic) bond motifs is 2. The zero-order valence-corrected chi connectivity index (χ0v) is 10.3. The van der Waals surface area contributed by atoms with Gasteiger partial charge in [0.25, 0.3) is 0 Å². The Hall–Kier alpha value is -0.0800. The molecule has 0 aliphatic carbocycles. The first-order valence-electron chi connectivity index (χ1n) is 6.75. The van der Waals surface area contributed by atoms with Crippen molar-refractivity contribution in [2.24, 2.45) is 11.8 Å². The molecule has 3 atom stereocenters. The zero-order chi connectivity index (χ0) is 10.7. The topological polar surface area (TPSA) is 15.3 Å². The summed E-state index contributed by atoms with van der Waals surface area (Å²) in [4.78, 5) is 2.71. The maximum absolute atomic E-state index is 3.65. The Labute approximate surface area is 94.4 Å². The van der Waals surface area contributed by atoms with E-state index in [0.29, 0.717) is 0 Å². The Bertz CT molecular complexity index is 193. The Morgan fingerprint density at radius 1 is 1.27 bits per heavy atom. The molecule has 88 valence electrons. The molecule has 2 aliphatic heterocycles. The fourth-order valence-electron chi connectivity index (χ4n) is 3.15. The zero-order valence-electron chi connectivity index (χ0n) is 10.3. The van der Waals surface area contributed by atoms with E-state index in [2.05, 4.69) is 24.1 Å². The van der Waals surface area contributed by atoms with E-state index >= 15 is 0 Å². The predicted octanol–water partition coefficient (Wildman–Crippen LogP) is 2.11. The number of unbranched alkanes of at least 4 members (excludes halogenated alkanes) is 2. The maximum atomic E-state index is 3.65. The Morgan fingerprint density at radius 3 is 2.93 bits per heavy atom. The van der Waals surface area contributed by atoms with E-state index in [4.69, 9.17) is 0 Å². The van der Waals surface area contributed by atoms with Crippen LogP contribution in [0.25, 0.3) is 0 Å². The van der Waals surface area contributed by atoms with Crippen molar-refractivity contribution < 1.29 is 0 Å². The van der Waals surface area contributed by atoms with Crippen LogP contribution in [0.1, 0.15) is 39.5 Å². The van der Waals surface area contributed by atoms with Gasteiger partial charge in [0, 0.05) is 19.1 Å². The van der Waals surface area contributed by atoms with Crippen molar-refractivity contribution in [2.75, 3.05) is 26.2 Å². The first-order valence-corrected chi connectivity index (χ1v) is 6.75. The number of rotatable bonds is 4. The minimum absolute atomic E-state index is 0.746. The van der Waals surface area contributed by atoms with E-state index in [-0.39, 0.29) is 0 Å². The Morgan fingerprint density at radius 2 is 2.13 bits per heavy atom. The van der Waals surface area contributed by atoms with Crippen LogP contribution in [0.5, 0.6) is 0 Å². The molecule has 2 saturated heterocycles. The quantitative estimate of drug-likeness (QED) is 0.715. The maximum Gasteiger partial charge on any atom is 0.00794 e. The van der Waals surface area contributed by atoms with Gasteiger partial charge in [0.15, 0.2) is 0 Å². The van der Waals surface area contributed by atoms with E-state index in [1.54, 1.807) is 0 Å². The molecule has 0 aromatic rings. The van der Waals surface area contributed by atoms with Gasteiger partial charge in [-0.1, -0.05) is 19.8 Å². The fourth-order valence-corrected chi connectivity index (χ4v) is 3.15. The highest BCUT2D eigenvalue weighted by Crippen LogP contribution is 2.28. The van der Waals surface area contributed by atoms with E-state index in [0.717, 1.165) is 17.9 Å². The van der Waals surface area contributed by atoms with Crippen molar-refractivity contribution in [2.45, 2.75) is 45.6 Å². The third kappa shape index (κ3) is 2.94. The third-order valence-corrected chi connectivity index (χ3v) is 4.16. The molecule has 0 spiro atoms. The number of nitrogens with one attached hydrogen (secondary N) is 1. The second-order valence-electron chi connectivity index (χ2n) is 5.53. The van der Waals surface area contributed by atoms with Gasteiger partial charge in [0.2, 0.25) is 0 Å². The van der Waals surface area contributed by atoms with Crippen LogP contribution in [0.15, 0.2) is 0 Å². The highest BCUT2D eigenvalue weighted by atomic mass is 15.2. The summed E-state index contributed by atoms with van der Waals surface area (Å²) in [6, 6.07) is 0.746. The lowest BCUT2D eigenvalue weighted by atomic mass is 9.81. The molecule has 2 nitrogen and oxygen atoms in total. The number of hydrogen-bond acceptors (Lipinski definition) is 2. The number of likely N-dealkylation sites (tertiary alicyclic amines) is 1. The second-order valence-corrected chi connectivity index (χ2v) is 5.53. The van der Waals surface area contributed by atoms with Gasteiger partial charge in [-0.2, -0.15) is 0 Å². The lowest BCUT2D eigenvalue weighted by Gasteiger charge is -2.45. The van der Waals surface area contributed by atoms with Crippen LogP contribution in [0.2, 0.25) is 0 Å². The van der Waals surface area contributed by atoms with Crippen molar-refractivity contribution in [3.8, 4) is 0 Å². The molecule has 2 aliphatic rings. The lowest BCUT2D eigenvalue weighted by molar-refractivity contribution is 0.0720. The van der Waals surface area contributed by atoms with Crippen molar-refractivity contribution in [1.29, 1.82) is 0 Å². The number of hydrogen-bond donors (Lipinski definition) is 1. The van der Waals surface area contributed by atoms with Crippen LogP contribution in [0.3, 0.4) is 0 Å². The molecule has 1 N–H and O–H groups in total. The fraction of sp³-hybridized carbons (Fsp3) is 1.00. The molecule has 0 unspecified atom stereocenters. The van der Waals surface area contributed by atoms with Gasteiger partial charge in [-0.05, 0) is 44.7 Å². The Kier molecular flexibility index (Phi) is 4.04. The lowest BCUT2D eigenvalue weighted by Crippen LogP contribution is -2.55. The summed E-state index contributed by atoms with van der Waals surface area (Å²) in [5.41, 5.74) is 0. The Balaban J connectivity index is 1.78. The molecular weight excluding hydrogens is 184 g/mol. The van der Waals surface area contributed by atoms with Crippen molar-refractivity contribution >= 4 is 0 Å². The van der Waals surface area contributed by atoms with E-state index in [1.807, 2.05) is 0 Å². The summed E-state index contributed by atoms with van der Waals surface area (Å²) in [5.74, 6) is 1.85. The monoisotopic (exact) mass is 210 g/mol. The minimum Gasteiger partial charge on any atom is -0.314 e. The van der Waals surface area contributed by atoms with Gasteiger partial charge < -0.3 is 10.2 Å². The van der Waals surface area contributed by atoms with E-state index in [1.165, 1.54) is 51.9 Å². The van der Waals surface area contributed by atoms with Crippen LogP contribution in [0.4, 0.5) is 0 Å². The van der Waals surface area contributed by atoms with Crippen LogP contribution in [0, 0.1) is 11.8 Å². The van der Waals surface area contributed by atoms with Crippen molar-refractivity contribution in [1.82, 2.24) is 10.2 Å². The molecule has 2 bridgehead atoms.